The molecule has 0 bridgehead atoms. The number of aromatic nitrogens is 1. The van der Waals surface area contributed by atoms with Gasteiger partial charge in [0.2, 0.25) is 6.29 Å². The Kier molecular flexibility index (Phi) is 7.61. The van der Waals surface area contributed by atoms with E-state index < -0.39 is 74.6 Å². The van der Waals surface area contributed by atoms with E-state index in [-0.39, 0.29) is 22.5 Å². The van der Waals surface area contributed by atoms with Gasteiger partial charge in [0.1, 0.15) is 65.8 Å². The summed E-state index contributed by atoms with van der Waals surface area (Å²) in [4.78, 5) is 16.1. The molecule has 38 heavy (non-hydrogen) atoms. The number of nitrogens with zero attached hydrogens (tertiary/aromatic N) is 1. The summed E-state index contributed by atoms with van der Waals surface area (Å²) in [6.07, 6.45) is -15.7. The summed E-state index contributed by atoms with van der Waals surface area (Å²) >= 11 is 0. The molecule has 14 nitrogen and oxygen atoms in total. The second-order valence-corrected chi connectivity index (χ2v) is 9.10. The Morgan fingerprint density at radius 2 is 1.50 bits per heavy atom. The van der Waals surface area contributed by atoms with E-state index in [4.69, 9.17) is 23.4 Å². The van der Waals surface area contributed by atoms with Gasteiger partial charge in [-0.2, -0.15) is 0 Å². The molecular formula is C24H27NO13. The number of hydrogen-bond acceptors (Lipinski definition) is 14. The molecule has 0 radical (unpaired) electrons. The summed E-state index contributed by atoms with van der Waals surface area (Å²) in [5.41, 5.74) is 0.970. The van der Waals surface area contributed by atoms with Crippen molar-refractivity contribution >= 4 is 11.1 Å². The third-order valence-electron chi connectivity index (χ3n) is 6.54. The average molecular weight is 537 g/mol. The first-order valence-corrected chi connectivity index (χ1v) is 11.8. The summed E-state index contributed by atoms with van der Waals surface area (Å²) in [7, 11) is 0. The zero-order valence-electron chi connectivity index (χ0n) is 19.7. The van der Waals surface area contributed by atoms with E-state index in [9.17, 15) is 40.5 Å². The molecular weight excluding hydrogens is 510 g/mol. The fraction of sp³-hybridized carbons (Fsp3) is 0.500. The van der Waals surface area contributed by atoms with Crippen LogP contribution in [0.15, 0.2) is 45.6 Å². The van der Waals surface area contributed by atoms with Gasteiger partial charge in [-0.3, -0.25) is 4.79 Å². The molecule has 10 unspecified atom stereocenters. The molecule has 0 aromatic heterocycles. The monoisotopic (exact) mass is 537 g/mol. The Bertz CT molecular complexity index is 1280. The molecule has 1 aliphatic carbocycles. The molecule has 2 saturated heterocycles. The van der Waals surface area contributed by atoms with E-state index in [0.29, 0.717) is 11.2 Å². The van der Waals surface area contributed by atoms with Crippen LogP contribution in [0.1, 0.15) is 0 Å². The molecule has 5 rings (SSSR count). The number of aliphatic hydroxyl groups excluding tert-OH is 7. The molecule has 10 atom stereocenters. The minimum Gasteiger partial charge on any atom is -0.462 e. The van der Waals surface area contributed by atoms with Crippen molar-refractivity contribution in [1.29, 1.82) is 0 Å². The van der Waals surface area contributed by atoms with Gasteiger partial charge in [0.15, 0.2) is 23.1 Å². The summed E-state index contributed by atoms with van der Waals surface area (Å²) in [6.45, 7) is -1.40. The van der Waals surface area contributed by atoms with E-state index in [1.54, 1.807) is 6.07 Å². The number of fused-ring (bicyclic) bond motifs is 2. The zero-order valence-corrected chi connectivity index (χ0v) is 19.7. The Hall–Kier alpha value is -2.76. The van der Waals surface area contributed by atoms with Gasteiger partial charge in [-0.05, 0) is 24.3 Å². The second kappa shape index (κ2) is 10.8. The van der Waals surface area contributed by atoms with Crippen molar-refractivity contribution in [1.82, 2.24) is 4.98 Å². The molecule has 0 spiro atoms. The first kappa shape index (κ1) is 26.8. The van der Waals surface area contributed by atoms with Crippen molar-refractivity contribution in [3.05, 3.63) is 46.6 Å². The highest BCUT2D eigenvalue weighted by molar-refractivity contribution is 5.77. The van der Waals surface area contributed by atoms with Crippen LogP contribution in [0.5, 0.6) is 5.75 Å². The van der Waals surface area contributed by atoms with Gasteiger partial charge in [0.25, 0.3) is 0 Å². The van der Waals surface area contributed by atoms with Gasteiger partial charge in [0.05, 0.1) is 13.2 Å². The highest BCUT2D eigenvalue weighted by atomic mass is 16.7. The summed E-state index contributed by atoms with van der Waals surface area (Å²) in [5.74, 6) is 0.418. The first-order valence-electron chi connectivity index (χ1n) is 11.8. The van der Waals surface area contributed by atoms with Gasteiger partial charge in [-0.1, -0.05) is 0 Å². The first-order chi connectivity index (χ1) is 18.2. The van der Waals surface area contributed by atoms with Gasteiger partial charge in [-0.15, -0.1) is 0 Å². The Balaban J connectivity index is 1.33. The lowest BCUT2D eigenvalue weighted by molar-refractivity contribution is -0.352. The summed E-state index contributed by atoms with van der Waals surface area (Å²) in [6, 6.07) is 8.75. The van der Waals surface area contributed by atoms with Gasteiger partial charge in [-0.25, -0.2) is 4.98 Å². The van der Waals surface area contributed by atoms with Gasteiger partial charge in [0, 0.05) is 12.1 Å². The predicted molar refractivity (Wildman–Crippen MR) is 124 cm³/mol. The van der Waals surface area contributed by atoms with Crippen LogP contribution in [0.2, 0.25) is 0 Å². The Morgan fingerprint density at radius 3 is 2.24 bits per heavy atom. The smallest absolute Gasteiger partial charge is 0.229 e. The van der Waals surface area contributed by atoms with Gasteiger partial charge >= 0.3 is 0 Å². The Labute approximate surface area is 214 Å². The molecule has 3 aliphatic heterocycles. The topological polar surface area (TPSA) is 222 Å². The molecule has 2 fully saturated rings. The molecule has 1 aromatic carbocycles. The van der Waals surface area contributed by atoms with E-state index in [1.165, 1.54) is 30.3 Å². The van der Waals surface area contributed by atoms with Crippen LogP contribution >= 0.6 is 0 Å². The largest absolute Gasteiger partial charge is 0.462 e. The van der Waals surface area contributed by atoms with Crippen LogP contribution < -0.4 is 10.2 Å². The molecule has 4 aliphatic rings. The molecule has 206 valence electrons. The molecule has 0 saturated carbocycles. The molecule has 0 amide bonds. The van der Waals surface area contributed by atoms with E-state index in [0.717, 1.165) is 0 Å². The number of rotatable bonds is 6. The van der Waals surface area contributed by atoms with Crippen molar-refractivity contribution in [2.45, 2.75) is 61.4 Å². The Morgan fingerprint density at radius 1 is 0.789 bits per heavy atom. The zero-order chi connectivity index (χ0) is 27.1. The minimum atomic E-state index is -1.77. The number of ether oxygens (including phenoxy) is 4. The maximum atomic E-state index is 11.6. The minimum absolute atomic E-state index is 0.155. The van der Waals surface area contributed by atoms with Crippen LogP contribution in [0, 0.1) is 0 Å². The van der Waals surface area contributed by atoms with E-state index >= 15 is 0 Å². The average Bonchev–Trinajstić information content (AvgIpc) is 2.91. The van der Waals surface area contributed by atoms with Crippen LogP contribution in [-0.2, 0) is 14.2 Å². The quantitative estimate of drug-likeness (QED) is 0.159. The lowest BCUT2D eigenvalue weighted by Gasteiger charge is -2.45. The van der Waals surface area contributed by atoms with Gasteiger partial charge < -0.3 is 59.1 Å². The lowest BCUT2D eigenvalue weighted by atomic mass is 9.97. The third kappa shape index (κ3) is 4.99. The maximum absolute atomic E-state index is 11.6. The van der Waals surface area contributed by atoms with Crippen LogP contribution in [0.25, 0.3) is 22.6 Å². The van der Waals surface area contributed by atoms with E-state index in [1.807, 2.05) is 0 Å². The van der Waals surface area contributed by atoms with Crippen LogP contribution in [0.3, 0.4) is 0 Å². The van der Waals surface area contributed by atoms with Crippen LogP contribution in [-0.4, -0.2) is 115 Å². The summed E-state index contributed by atoms with van der Waals surface area (Å²) < 4.78 is 27.9. The van der Waals surface area contributed by atoms with Crippen LogP contribution in [0.4, 0.5) is 0 Å². The van der Waals surface area contributed by atoms with E-state index in [2.05, 4.69) is 4.98 Å². The fourth-order valence-electron chi connectivity index (χ4n) is 4.45. The SMILES string of the molecule is O=c1ccc2nc3ccc(OC4OC(CO)C(OC5OC(CO)C(O)C(O)C5O)C(O)C4O)cc3oc-2c1. The number of hydrogen-bond donors (Lipinski definition) is 7. The maximum Gasteiger partial charge on any atom is 0.229 e. The highest BCUT2D eigenvalue weighted by Gasteiger charge is 2.51. The van der Waals surface area contributed by atoms with Crippen molar-refractivity contribution in [2.24, 2.45) is 0 Å². The number of benzene rings is 2. The lowest BCUT2D eigenvalue weighted by Crippen LogP contribution is -2.65. The third-order valence-corrected chi connectivity index (χ3v) is 6.54. The van der Waals surface area contributed by atoms with Crippen molar-refractivity contribution in [3.63, 3.8) is 0 Å². The number of aliphatic hydroxyl groups is 7. The standard InChI is InChI=1S/C24H27NO13/c26-7-15-17(29)18(30)20(32)24(36-15)38-22-16(8-27)37-23(21(33)19(22)31)34-10-2-4-12-14(6-10)35-13-5-9(28)1-3-11(13)25-12/h1-6,15-24,26-27,29-33H,7-8H2. The molecule has 3 heterocycles. The molecule has 7 N–H and O–H groups in total. The van der Waals surface area contributed by atoms with Crippen molar-refractivity contribution in [3.8, 4) is 17.2 Å². The normalized spacial score (nSPS) is 36.0. The molecule has 14 heteroatoms. The predicted octanol–water partition coefficient (Wildman–Crippen LogP) is -2.70. The highest BCUT2D eigenvalue weighted by Crippen LogP contribution is 2.32. The van der Waals surface area contributed by atoms with Crippen molar-refractivity contribution < 1.29 is 59.1 Å². The van der Waals surface area contributed by atoms with Crippen molar-refractivity contribution in [2.75, 3.05) is 13.2 Å². The fourth-order valence-corrected chi connectivity index (χ4v) is 4.45. The summed E-state index contributed by atoms with van der Waals surface area (Å²) in [5, 5.41) is 70.8. The molecule has 1 aromatic rings. The second-order valence-electron chi connectivity index (χ2n) is 9.10.